The maximum Gasteiger partial charge on any atom is 0.309 e. The first-order valence-corrected chi connectivity index (χ1v) is 6.74. The van der Waals surface area contributed by atoms with E-state index >= 15 is 0 Å². The Balaban J connectivity index is 2.10. The second kappa shape index (κ2) is 6.19. The Bertz CT molecular complexity index is 558. The molecule has 0 fully saturated rings. The third-order valence-corrected chi connectivity index (χ3v) is 2.90. The average Bonchev–Trinajstić information content (AvgIpc) is 2.46. The zero-order valence-electron chi connectivity index (χ0n) is 10.2. The number of aliphatic carboxylic acids is 1. The second-order valence-corrected chi connectivity index (χ2v) is 4.45. The summed E-state index contributed by atoms with van der Waals surface area (Å²) in [6, 6.07) is 3.61. The minimum Gasteiger partial charge on any atom is -0.481 e. The first kappa shape index (κ1) is 13.3. The van der Waals surface area contributed by atoms with Crippen molar-refractivity contribution >= 4 is 17.7 Å². The molecule has 0 aliphatic rings. The molecule has 0 aliphatic heterocycles. The summed E-state index contributed by atoms with van der Waals surface area (Å²) in [6.45, 7) is 0.429. The third kappa shape index (κ3) is 3.68. The Morgan fingerprint density at radius 3 is 2.42 bits per heavy atom. The minimum absolute atomic E-state index is 0.0893. The summed E-state index contributed by atoms with van der Waals surface area (Å²) in [5, 5.41) is 24.9. The van der Waals surface area contributed by atoms with E-state index in [1.165, 1.54) is 11.8 Å². The maximum atomic E-state index is 10.5. The fourth-order valence-electron chi connectivity index (χ4n) is 1.40. The Morgan fingerprint density at radius 2 is 1.89 bits per heavy atom. The SMILES string of the molecule is CSc1nnc(-c2cc[n+](CCC(=O)O)cc2)nn1. The predicted molar refractivity (Wildman–Crippen MR) is 67.3 cm³/mol. The molecule has 0 radical (unpaired) electrons. The van der Waals surface area contributed by atoms with E-state index < -0.39 is 5.97 Å². The van der Waals surface area contributed by atoms with Crippen LogP contribution in [0.15, 0.2) is 29.7 Å². The Kier molecular flexibility index (Phi) is 4.35. The van der Waals surface area contributed by atoms with Crippen molar-refractivity contribution in [3.63, 3.8) is 0 Å². The highest BCUT2D eigenvalue weighted by molar-refractivity contribution is 7.98. The summed E-state index contributed by atoms with van der Waals surface area (Å²) in [4.78, 5) is 10.5. The number of carboxylic acid groups (broad SMARTS) is 1. The molecule has 0 aliphatic carbocycles. The molecule has 0 amide bonds. The molecule has 8 heteroatoms. The van der Waals surface area contributed by atoms with Crippen LogP contribution >= 0.6 is 11.8 Å². The number of nitrogens with zero attached hydrogens (tertiary/aromatic N) is 5. The van der Waals surface area contributed by atoms with Gasteiger partial charge in [0.05, 0.1) is 0 Å². The summed E-state index contributed by atoms with van der Waals surface area (Å²) < 4.78 is 1.79. The molecule has 0 aromatic carbocycles. The van der Waals surface area contributed by atoms with E-state index in [9.17, 15) is 4.79 Å². The van der Waals surface area contributed by atoms with E-state index in [0.717, 1.165) is 5.56 Å². The Hall–Kier alpha value is -2.09. The molecule has 19 heavy (non-hydrogen) atoms. The predicted octanol–water partition coefficient (Wildman–Crippen LogP) is 0.418. The number of carbonyl (C=O) groups is 1. The molecule has 2 heterocycles. The van der Waals surface area contributed by atoms with Gasteiger partial charge in [0.1, 0.15) is 6.42 Å². The molecule has 98 valence electrons. The van der Waals surface area contributed by atoms with E-state index in [4.69, 9.17) is 5.11 Å². The average molecular weight is 278 g/mol. The molecular weight excluding hydrogens is 266 g/mol. The van der Waals surface area contributed by atoms with Gasteiger partial charge in [-0.25, -0.2) is 4.57 Å². The minimum atomic E-state index is -0.819. The lowest BCUT2D eigenvalue weighted by atomic mass is 10.2. The molecule has 2 rings (SSSR count). The fourth-order valence-corrected chi connectivity index (χ4v) is 1.64. The van der Waals surface area contributed by atoms with Crippen LogP contribution in [0.5, 0.6) is 0 Å². The molecule has 0 bridgehead atoms. The lowest BCUT2D eigenvalue weighted by molar-refractivity contribution is -0.695. The lowest BCUT2D eigenvalue weighted by Crippen LogP contribution is -2.33. The maximum absolute atomic E-state index is 10.5. The molecule has 0 saturated carbocycles. The number of carboxylic acids is 1. The van der Waals surface area contributed by atoms with Crippen molar-refractivity contribution in [3.8, 4) is 11.4 Å². The molecule has 0 atom stereocenters. The molecule has 1 N–H and O–H groups in total. The summed E-state index contributed by atoms with van der Waals surface area (Å²) in [6.07, 6.45) is 5.51. The van der Waals surface area contributed by atoms with Gasteiger partial charge >= 0.3 is 5.97 Å². The van der Waals surface area contributed by atoms with E-state index in [1.54, 1.807) is 29.1 Å². The van der Waals surface area contributed by atoms with Crippen LogP contribution in [0.4, 0.5) is 0 Å². The highest BCUT2D eigenvalue weighted by atomic mass is 32.2. The van der Waals surface area contributed by atoms with Gasteiger partial charge < -0.3 is 5.11 Å². The first-order chi connectivity index (χ1) is 9.19. The van der Waals surface area contributed by atoms with Gasteiger partial charge in [0.2, 0.25) is 11.0 Å². The van der Waals surface area contributed by atoms with Crippen molar-refractivity contribution < 1.29 is 14.5 Å². The molecule has 2 aromatic rings. The van der Waals surface area contributed by atoms with Crippen LogP contribution < -0.4 is 4.57 Å². The summed E-state index contributed by atoms with van der Waals surface area (Å²) in [7, 11) is 0. The number of rotatable bonds is 5. The fraction of sp³-hybridized carbons (Fsp3) is 0.273. The molecule has 0 spiro atoms. The Morgan fingerprint density at radius 1 is 1.26 bits per heavy atom. The summed E-state index contributed by atoms with van der Waals surface area (Å²) >= 11 is 1.38. The highest BCUT2D eigenvalue weighted by Gasteiger charge is 2.08. The lowest BCUT2D eigenvalue weighted by Gasteiger charge is -1.98. The van der Waals surface area contributed by atoms with E-state index in [-0.39, 0.29) is 6.42 Å². The van der Waals surface area contributed by atoms with Gasteiger partial charge in [0.25, 0.3) is 0 Å². The third-order valence-electron chi connectivity index (χ3n) is 2.38. The number of aromatic nitrogens is 5. The number of hydrogen-bond donors (Lipinski definition) is 1. The number of thioether (sulfide) groups is 1. The van der Waals surface area contributed by atoms with Gasteiger partial charge in [-0.1, -0.05) is 11.8 Å². The van der Waals surface area contributed by atoms with Crippen molar-refractivity contribution in [3.05, 3.63) is 24.5 Å². The van der Waals surface area contributed by atoms with E-state index in [2.05, 4.69) is 20.4 Å². The van der Waals surface area contributed by atoms with Crippen LogP contribution in [-0.4, -0.2) is 37.7 Å². The van der Waals surface area contributed by atoms with Crippen LogP contribution in [0, 0.1) is 0 Å². The monoisotopic (exact) mass is 278 g/mol. The molecule has 0 unspecified atom stereocenters. The normalized spacial score (nSPS) is 10.4. The standard InChI is InChI=1S/C11H11N5O2S/c1-19-11-14-12-10(13-15-11)8-2-5-16(6-3-8)7-4-9(17)18/h2-3,5-6H,4,7H2,1H3/p+1. The van der Waals surface area contributed by atoms with Crippen LogP contribution in [0.3, 0.4) is 0 Å². The smallest absolute Gasteiger partial charge is 0.309 e. The molecule has 0 saturated heterocycles. The number of aryl methyl sites for hydroxylation is 1. The number of pyridine rings is 1. The highest BCUT2D eigenvalue weighted by Crippen LogP contribution is 2.11. The largest absolute Gasteiger partial charge is 0.481 e. The Labute approximate surface area is 113 Å². The first-order valence-electron chi connectivity index (χ1n) is 5.51. The number of hydrogen-bond acceptors (Lipinski definition) is 6. The van der Waals surface area contributed by atoms with Gasteiger partial charge in [-0.05, 0) is 6.26 Å². The van der Waals surface area contributed by atoms with Crippen molar-refractivity contribution in [1.82, 2.24) is 20.4 Å². The van der Waals surface area contributed by atoms with Crippen molar-refractivity contribution in [2.45, 2.75) is 18.1 Å². The summed E-state index contributed by atoms with van der Waals surface area (Å²) in [5.41, 5.74) is 0.791. The van der Waals surface area contributed by atoms with E-state index in [1.807, 2.05) is 6.26 Å². The van der Waals surface area contributed by atoms with Gasteiger partial charge in [-0.3, -0.25) is 4.79 Å². The quantitative estimate of drug-likeness (QED) is 0.625. The van der Waals surface area contributed by atoms with Crippen molar-refractivity contribution in [2.75, 3.05) is 6.26 Å². The van der Waals surface area contributed by atoms with Crippen LogP contribution in [0.25, 0.3) is 11.4 Å². The van der Waals surface area contributed by atoms with Gasteiger partial charge in [0.15, 0.2) is 18.9 Å². The second-order valence-electron chi connectivity index (χ2n) is 3.68. The van der Waals surface area contributed by atoms with Crippen molar-refractivity contribution in [2.24, 2.45) is 0 Å². The summed E-state index contributed by atoms with van der Waals surface area (Å²) in [5.74, 6) is -0.371. The van der Waals surface area contributed by atoms with Gasteiger partial charge in [-0.2, -0.15) is 0 Å². The topological polar surface area (TPSA) is 92.7 Å². The van der Waals surface area contributed by atoms with Crippen LogP contribution in [-0.2, 0) is 11.3 Å². The zero-order chi connectivity index (χ0) is 13.7. The molecule has 7 nitrogen and oxygen atoms in total. The van der Waals surface area contributed by atoms with Gasteiger partial charge in [0, 0.05) is 17.7 Å². The molecule has 2 aromatic heterocycles. The molecular formula is C11H12N5O2S+. The zero-order valence-corrected chi connectivity index (χ0v) is 11.0. The van der Waals surface area contributed by atoms with Crippen molar-refractivity contribution in [1.29, 1.82) is 0 Å². The van der Waals surface area contributed by atoms with Crippen LogP contribution in [0.2, 0.25) is 0 Å². The van der Waals surface area contributed by atoms with Gasteiger partial charge in [-0.15, -0.1) is 20.4 Å². The van der Waals surface area contributed by atoms with E-state index in [0.29, 0.717) is 17.5 Å². The van der Waals surface area contributed by atoms with Crippen LogP contribution in [0.1, 0.15) is 6.42 Å².